The molecular formula is C15H18N6O4. The number of amides is 2. The molecule has 0 fully saturated rings. The molecule has 2 amide bonds. The van der Waals surface area contributed by atoms with Gasteiger partial charge in [0.2, 0.25) is 5.89 Å². The van der Waals surface area contributed by atoms with E-state index in [9.17, 15) is 4.79 Å². The monoisotopic (exact) mass is 346 g/mol. The molecule has 0 aliphatic rings. The van der Waals surface area contributed by atoms with E-state index in [0.29, 0.717) is 23.3 Å². The average molecular weight is 346 g/mol. The molecule has 3 aromatic heterocycles. The van der Waals surface area contributed by atoms with Crippen molar-refractivity contribution >= 4 is 6.03 Å². The first-order valence-electron chi connectivity index (χ1n) is 7.82. The Kier molecular flexibility index (Phi) is 5.07. The summed E-state index contributed by atoms with van der Waals surface area (Å²) in [5.41, 5.74) is 0. The number of hydrogen-bond donors (Lipinski definition) is 1. The second-order valence-corrected chi connectivity index (χ2v) is 5.36. The van der Waals surface area contributed by atoms with Crippen molar-refractivity contribution in [1.82, 2.24) is 30.5 Å². The molecule has 132 valence electrons. The predicted octanol–water partition coefficient (Wildman–Crippen LogP) is 2.01. The highest BCUT2D eigenvalue weighted by atomic mass is 16.5. The van der Waals surface area contributed by atoms with Crippen molar-refractivity contribution in [1.29, 1.82) is 0 Å². The molecule has 0 saturated carbocycles. The van der Waals surface area contributed by atoms with E-state index in [1.165, 1.54) is 11.2 Å². The second-order valence-electron chi connectivity index (χ2n) is 5.36. The molecule has 3 aromatic rings. The van der Waals surface area contributed by atoms with Crippen LogP contribution in [0.5, 0.6) is 0 Å². The number of urea groups is 1. The van der Waals surface area contributed by atoms with Crippen LogP contribution in [0, 0.1) is 0 Å². The number of carbonyl (C=O) groups is 1. The topological polar surface area (TPSA) is 123 Å². The molecule has 0 aliphatic heterocycles. The van der Waals surface area contributed by atoms with E-state index in [1.54, 1.807) is 19.2 Å². The van der Waals surface area contributed by atoms with Gasteiger partial charge in [-0.15, -0.1) is 0 Å². The first-order valence-corrected chi connectivity index (χ1v) is 7.82. The Morgan fingerprint density at radius 3 is 2.84 bits per heavy atom. The smallest absolute Gasteiger partial charge is 0.317 e. The van der Waals surface area contributed by atoms with Crippen LogP contribution in [0.2, 0.25) is 0 Å². The van der Waals surface area contributed by atoms with Crippen LogP contribution in [-0.2, 0) is 19.5 Å². The summed E-state index contributed by atoms with van der Waals surface area (Å²) < 4.78 is 15.3. The summed E-state index contributed by atoms with van der Waals surface area (Å²) >= 11 is 0. The van der Waals surface area contributed by atoms with Gasteiger partial charge in [-0.25, -0.2) is 4.79 Å². The van der Waals surface area contributed by atoms with Crippen LogP contribution in [0.25, 0.3) is 11.7 Å². The van der Waals surface area contributed by atoms with E-state index in [4.69, 9.17) is 13.5 Å². The van der Waals surface area contributed by atoms with Gasteiger partial charge in [0.1, 0.15) is 6.54 Å². The number of furan rings is 1. The molecule has 1 N–H and O–H groups in total. The number of rotatable bonds is 7. The lowest BCUT2D eigenvalue weighted by Crippen LogP contribution is -2.36. The highest BCUT2D eigenvalue weighted by molar-refractivity contribution is 5.73. The summed E-state index contributed by atoms with van der Waals surface area (Å²) in [5, 5.41) is 10.3. The van der Waals surface area contributed by atoms with Gasteiger partial charge < -0.3 is 23.7 Å². The van der Waals surface area contributed by atoms with Crippen LogP contribution in [0.1, 0.15) is 30.9 Å². The highest BCUT2D eigenvalue weighted by Gasteiger charge is 2.15. The Labute approximate surface area is 143 Å². The van der Waals surface area contributed by atoms with E-state index < -0.39 is 0 Å². The molecule has 0 radical (unpaired) electrons. The fourth-order valence-corrected chi connectivity index (χ4v) is 2.07. The molecular weight excluding hydrogens is 328 g/mol. The predicted molar refractivity (Wildman–Crippen MR) is 84.0 cm³/mol. The zero-order chi connectivity index (χ0) is 17.6. The lowest BCUT2D eigenvalue weighted by molar-refractivity contribution is 0.198. The molecule has 10 heteroatoms. The Balaban J connectivity index is 1.49. The van der Waals surface area contributed by atoms with Crippen LogP contribution in [0.3, 0.4) is 0 Å². The van der Waals surface area contributed by atoms with Crippen molar-refractivity contribution in [3.63, 3.8) is 0 Å². The van der Waals surface area contributed by atoms with Gasteiger partial charge in [-0.3, -0.25) is 0 Å². The minimum atomic E-state index is -0.320. The third kappa shape index (κ3) is 4.22. The van der Waals surface area contributed by atoms with Crippen LogP contribution in [0.15, 0.2) is 31.9 Å². The van der Waals surface area contributed by atoms with Crippen LogP contribution < -0.4 is 5.32 Å². The fraction of sp³-hybridized carbons (Fsp3) is 0.400. The van der Waals surface area contributed by atoms with Crippen molar-refractivity contribution < 1.29 is 18.3 Å². The zero-order valence-corrected chi connectivity index (χ0v) is 13.9. The van der Waals surface area contributed by atoms with Gasteiger partial charge >= 0.3 is 6.03 Å². The molecule has 0 aromatic carbocycles. The summed E-state index contributed by atoms with van der Waals surface area (Å²) in [4.78, 5) is 21.9. The number of nitrogens with one attached hydrogen (secondary N) is 1. The Morgan fingerprint density at radius 1 is 1.24 bits per heavy atom. The Bertz CT molecular complexity index is 810. The van der Waals surface area contributed by atoms with Crippen LogP contribution >= 0.6 is 0 Å². The van der Waals surface area contributed by atoms with E-state index >= 15 is 0 Å². The van der Waals surface area contributed by atoms with Gasteiger partial charge in [0.05, 0.1) is 12.8 Å². The van der Waals surface area contributed by atoms with Crippen molar-refractivity contribution in [2.75, 3.05) is 7.05 Å². The van der Waals surface area contributed by atoms with Crippen molar-refractivity contribution in [2.45, 2.75) is 32.9 Å². The maximum absolute atomic E-state index is 12.1. The summed E-state index contributed by atoms with van der Waals surface area (Å²) in [6.07, 6.45) is 3.19. The SMILES string of the molecule is CCCc1noc(CN(C)C(=O)NCc2noc(-c3ccco3)n2)n1. The minimum absolute atomic E-state index is 0.123. The summed E-state index contributed by atoms with van der Waals surface area (Å²) in [7, 11) is 1.63. The maximum atomic E-state index is 12.1. The van der Waals surface area contributed by atoms with Crippen LogP contribution in [-0.4, -0.2) is 38.3 Å². The van der Waals surface area contributed by atoms with E-state index in [0.717, 1.165) is 12.8 Å². The average Bonchev–Trinajstić information content (AvgIpc) is 3.34. The lowest BCUT2D eigenvalue weighted by atomic mass is 10.3. The molecule has 25 heavy (non-hydrogen) atoms. The first kappa shape index (κ1) is 16.7. The van der Waals surface area contributed by atoms with E-state index in [-0.39, 0.29) is 25.0 Å². The first-order chi connectivity index (χ1) is 12.2. The third-order valence-corrected chi connectivity index (χ3v) is 3.30. The minimum Gasteiger partial charge on any atom is -0.459 e. The van der Waals surface area contributed by atoms with Gasteiger partial charge in [0.25, 0.3) is 5.89 Å². The Morgan fingerprint density at radius 2 is 2.08 bits per heavy atom. The third-order valence-electron chi connectivity index (χ3n) is 3.30. The normalized spacial score (nSPS) is 10.8. The van der Waals surface area contributed by atoms with Gasteiger partial charge in [0.15, 0.2) is 17.4 Å². The van der Waals surface area contributed by atoms with Gasteiger partial charge in [0, 0.05) is 13.5 Å². The zero-order valence-electron chi connectivity index (χ0n) is 13.9. The van der Waals surface area contributed by atoms with Crippen molar-refractivity contribution in [3.8, 4) is 11.7 Å². The Hall–Kier alpha value is -3.17. The van der Waals surface area contributed by atoms with Crippen molar-refractivity contribution in [3.05, 3.63) is 35.9 Å². The number of carbonyl (C=O) groups excluding carboxylic acids is 1. The largest absolute Gasteiger partial charge is 0.459 e. The molecule has 10 nitrogen and oxygen atoms in total. The van der Waals surface area contributed by atoms with Crippen LogP contribution in [0.4, 0.5) is 4.79 Å². The van der Waals surface area contributed by atoms with Crippen molar-refractivity contribution in [2.24, 2.45) is 0 Å². The molecule has 0 bridgehead atoms. The molecule has 0 spiro atoms. The number of hydrogen-bond acceptors (Lipinski definition) is 8. The summed E-state index contributed by atoms with van der Waals surface area (Å²) in [5.74, 6) is 2.11. The molecule has 0 saturated heterocycles. The fourth-order valence-electron chi connectivity index (χ4n) is 2.07. The molecule has 0 unspecified atom stereocenters. The molecule has 3 heterocycles. The van der Waals surface area contributed by atoms with Gasteiger partial charge in [-0.1, -0.05) is 17.2 Å². The van der Waals surface area contributed by atoms with Gasteiger partial charge in [-0.2, -0.15) is 9.97 Å². The maximum Gasteiger partial charge on any atom is 0.317 e. The standard InChI is InChI=1S/C15H18N6O4/c1-3-5-11-17-13(24-19-11)9-21(2)15(22)16-8-12-18-14(25-20-12)10-6-4-7-23-10/h4,6-7H,3,5,8-9H2,1-2H3,(H,16,22). The molecule has 0 aliphatic carbocycles. The quantitative estimate of drug-likeness (QED) is 0.689. The highest BCUT2D eigenvalue weighted by Crippen LogP contribution is 2.16. The number of aromatic nitrogens is 4. The van der Waals surface area contributed by atoms with E-state index in [1.807, 2.05) is 6.92 Å². The molecule has 0 atom stereocenters. The van der Waals surface area contributed by atoms with Gasteiger partial charge in [-0.05, 0) is 18.6 Å². The molecule has 3 rings (SSSR count). The number of aryl methyl sites for hydroxylation is 1. The summed E-state index contributed by atoms with van der Waals surface area (Å²) in [6.45, 7) is 2.37. The van der Waals surface area contributed by atoms with E-state index in [2.05, 4.69) is 25.6 Å². The summed E-state index contributed by atoms with van der Waals surface area (Å²) in [6, 6.07) is 3.11. The lowest BCUT2D eigenvalue weighted by Gasteiger charge is -2.14. The number of nitrogens with zero attached hydrogens (tertiary/aromatic N) is 5. The second kappa shape index (κ2) is 7.60.